The molecule has 0 atom stereocenters. The third-order valence-corrected chi connectivity index (χ3v) is 2.27. The van der Waals surface area contributed by atoms with Crippen LogP contribution in [-0.2, 0) is 19.5 Å². The Balaban J connectivity index is 1.89. The summed E-state index contributed by atoms with van der Waals surface area (Å²) in [7, 11) is 1.90. The molecule has 84 valence electrons. The number of aryl methyl sites for hydroxylation is 2. The highest BCUT2D eigenvalue weighted by Crippen LogP contribution is 1.98. The third kappa shape index (κ3) is 2.87. The van der Waals surface area contributed by atoms with E-state index >= 15 is 0 Å². The van der Waals surface area contributed by atoms with Gasteiger partial charge in [0.15, 0.2) is 0 Å². The number of nitrogens with one attached hydrogen (secondary N) is 1. The molecule has 0 radical (unpaired) electrons. The molecule has 5 heteroatoms. The van der Waals surface area contributed by atoms with E-state index in [1.165, 1.54) is 0 Å². The third-order valence-electron chi connectivity index (χ3n) is 2.27. The lowest BCUT2D eigenvalue weighted by Gasteiger charge is -1.99. The second-order valence-electron chi connectivity index (χ2n) is 3.57. The van der Waals surface area contributed by atoms with Gasteiger partial charge in [-0.05, 0) is 19.2 Å². The van der Waals surface area contributed by atoms with Crippen LogP contribution in [0.2, 0.25) is 0 Å². The van der Waals surface area contributed by atoms with Gasteiger partial charge in [0.25, 0.3) is 0 Å². The average Bonchev–Trinajstić information content (AvgIpc) is 2.76. The van der Waals surface area contributed by atoms with Crippen molar-refractivity contribution in [2.45, 2.75) is 19.5 Å². The molecule has 0 fully saturated rings. The zero-order valence-electron chi connectivity index (χ0n) is 9.30. The van der Waals surface area contributed by atoms with Gasteiger partial charge in [-0.25, -0.2) is 0 Å². The Kier molecular flexibility index (Phi) is 3.61. The van der Waals surface area contributed by atoms with Crippen molar-refractivity contribution in [3.05, 3.63) is 42.0 Å². The molecular formula is C11H15N5. The van der Waals surface area contributed by atoms with E-state index in [1.54, 1.807) is 0 Å². The van der Waals surface area contributed by atoms with E-state index in [9.17, 15) is 0 Å². The van der Waals surface area contributed by atoms with E-state index < -0.39 is 0 Å². The van der Waals surface area contributed by atoms with Crippen LogP contribution < -0.4 is 5.32 Å². The minimum Gasteiger partial charge on any atom is -0.314 e. The molecule has 2 rings (SSSR count). The molecule has 2 aromatic heterocycles. The summed E-state index contributed by atoms with van der Waals surface area (Å²) in [6.07, 6.45) is 4.64. The highest BCUT2D eigenvalue weighted by atomic mass is 15.4. The van der Waals surface area contributed by atoms with E-state index in [0.29, 0.717) is 0 Å². The summed E-state index contributed by atoms with van der Waals surface area (Å²) < 4.78 is 1.85. The molecule has 5 nitrogen and oxygen atoms in total. The van der Waals surface area contributed by atoms with Crippen LogP contribution in [-0.4, -0.2) is 27.0 Å². The topological polar surface area (TPSA) is 55.6 Å². The normalized spacial score (nSPS) is 10.6. The highest BCUT2D eigenvalue weighted by Gasteiger charge is 2.00. The van der Waals surface area contributed by atoms with Gasteiger partial charge in [-0.15, -0.1) is 5.10 Å². The number of rotatable bonds is 5. The number of hydrogen-bond donors (Lipinski definition) is 1. The summed E-state index contributed by atoms with van der Waals surface area (Å²) >= 11 is 0. The molecule has 1 N–H and O–H groups in total. The largest absolute Gasteiger partial charge is 0.314 e. The Hall–Kier alpha value is -1.75. The standard InChI is InChI=1S/C11H15N5/c1-12-8-11-9-16(15-14-11)7-5-10-4-2-3-6-13-10/h2-4,6,9,12H,5,7-8H2,1H3. The molecule has 0 spiro atoms. The van der Waals surface area contributed by atoms with Crippen molar-refractivity contribution in [2.75, 3.05) is 7.05 Å². The summed E-state index contributed by atoms with van der Waals surface area (Å²) in [5.74, 6) is 0. The van der Waals surface area contributed by atoms with E-state index in [0.717, 1.165) is 30.9 Å². The summed E-state index contributed by atoms with van der Waals surface area (Å²) in [5.41, 5.74) is 2.04. The zero-order valence-corrected chi connectivity index (χ0v) is 9.30. The molecule has 0 aliphatic rings. The first-order valence-corrected chi connectivity index (χ1v) is 5.32. The average molecular weight is 217 g/mol. The zero-order chi connectivity index (χ0) is 11.2. The van der Waals surface area contributed by atoms with Crippen molar-refractivity contribution < 1.29 is 0 Å². The fraction of sp³-hybridized carbons (Fsp3) is 0.364. The molecule has 0 aliphatic heterocycles. The van der Waals surface area contributed by atoms with Gasteiger partial charge in [0.05, 0.1) is 5.69 Å². The molecular weight excluding hydrogens is 202 g/mol. The van der Waals surface area contributed by atoms with Crippen molar-refractivity contribution in [3.8, 4) is 0 Å². The number of nitrogens with zero attached hydrogens (tertiary/aromatic N) is 4. The molecule has 0 bridgehead atoms. The monoisotopic (exact) mass is 217 g/mol. The van der Waals surface area contributed by atoms with Crippen molar-refractivity contribution in [3.63, 3.8) is 0 Å². The van der Waals surface area contributed by atoms with Crippen molar-refractivity contribution in [1.29, 1.82) is 0 Å². The second-order valence-corrected chi connectivity index (χ2v) is 3.57. The smallest absolute Gasteiger partial charge is 0.0964 e. The molecule has 2 aromatic rings. The molecule has 0 aromatic carbocycles. The van der Waals surface area contributed by atoms with Gasteiger partial charge in [0.2, 0.25) is 0 Å². The maximum atomic E-state index is 4.26. The summed E-state index contributed by atoms with van der Waals surface area (Å²) in [4.78, 5) is 4.26. The first-order chi connectivity index (χ1) is 7.88. The Morgan fingerprint density at radius 3 is 3.00 bits per heavy atom. The number of pyridine rings is 1. The summed E-state index contributed by atoms with van der Waals surface area (Å²) in [6.45, 7) is 1.57. The van der Waals surface area contributed by atoms with Gasteiger partial charge >= 0.3 is 0 Å². The van der Waals surface area contributed by atoms with Gasteiger partial charge in [-0.3, -0.25) is 9.67 Å². The Labute approximate surface area is 94.5 Å². The predicted octanol–water partition coefficient (Wildman–Crippen LogP) is 0.635. The van der Waals surface area contributed by atoms with Gasteiger partial charge in [-0.1, -0.05) is 11.3 Å². The van der Waals surface area contributed by atoms with Crippen LogP contribution in [0.5, 0.6) is 0 Å². The van der Waals surface area contributed by atoms with Crippen molar-refractivity contribution in [2.24, 2.45) is 0 Å². The van der Waals surface area contributed by atoms with E-state index in [2.05, 4.69) is 20.6 Å². The maximum absolute atomic E-state index is 4.26. The number of hydrogen-bond acceptors (Lipinski definition) is 4. The van der Waals surface area contributed by atoms with Crippen LogP contribution in [0.4, 0.5) is 0 Å². The van der Waals surface area contributed by atoms with Gasteiger partial charge in [0, 0.05) is 37.6 Å². The lowest BCUT2D eigenvalue weighted by molar-refractivity contribution is 0.584. The van der Waals surface area contributed by atoms with Gasteiger partial charge in [-0.2, -0.15) is 0 Å². The minimum absolute atomic E-state index is 0.754. The van der Waals surface area contributed by atoms with Crippen molar-refractivity contribution >= 4 is 0 Å². The molecule has 0 amide bonds. The van der Waals surface area contributed by atoms with Crippen LogP contribution in [0.25, 0.3) is 0 Å². The maximum Gasteiger partial charge on any atom is 0.0964 e. The van der Waals surface area contributed by atoms with Crippen LogP contribution >= 0.6 is 0 Å². The van der Waals surface area contributed by atoms with Gasteiger partial charge < -0.3 is 5.32 Å². The molecule has 0 saturated carbocycles. The predicted molar refractivity (Wildman–Crippen MR) is 60.7 cm³/mol. The van der Waals surface area contributed by atoms with Crippen LogP contribution in [0, 0.1) is 0 Å². The molecule has 0 saturated heterocycles. The van der Waals surface area contributed by atoms with E-state index in [1.807, 2.05) is 42.3 Å². The molecule has 2 heterocycles. The Bertz CT molecular complexity index is 423. The fourth-order valence-corrected chi connectivity index (χ4v) is 1.49. The Morgan fingerprint density at radius 1 is 1.31 bits per heavy atom. The first kappa shape index (κ1) is 10.8. The fourth-order valence-electron chi connectivity index (χ4n) is 1.49. The molecule has 16 heavy (non-hydrogen) atoms. The number of aromatic nitrogens is 4. The second kappa shape index (κ2) is 5.37. The molecule has 0 unspecified atom stereocenters. The van der Waals surface area contributed by atoms with Crippen LogP contribution in [0.15, 0.2) is 30.6 Å². The minimum atomic E-state index is 0.754. The van der Waals surface area contributed by atoms with Crippen molar-refractivity contribution in [1.82, 2.24) is 25.3 Å². The van der Waals surface area contributed by atoms with Crippen LogP contribution in [0.1, 0.15) is 11.4 Å². The SMILES string of the molecule is CNCc1cn(CCc2ccccn2)nn1. The quantitative estimate of drug-likeness (QED) is 0.798. The lowest BCUT2D eigenvalue weighted by Crippen LogP contribution is -2.05. The molecule has 0 aliphatic carbocycles. The van der Waals surface area contributed by atoms with E-state index in [4.69, 9.17) is 0 Å². The summed E-state index contributed by atoms with van der Waals surface area (Å²) in [5, 5.41) is 11.1. The first-order valence-electron chi connectivity index (χ1n) is 5.32. The van der Waals surface area contributed by atoms with Gasteiger partial charge in [0.1, 0.15) is 0 Å². The van der Waals surface area contributed by atoms with E-state index in [-0.39, 0.29) is 0 Å². The Morgan fingerprint density at radius 2 is 2.25 bits per heavy atom. The van der Waals surface area contributed by atoms with Crippen LogP contribution in [0.3, 0.4) is 0 Å². The highest BCUT2D eigenvalue weighted by molar-refractivity contribution is 5.03. The summed E-state index contributed by atoms with van der Waals surface area (Å²) in [6, 6.07) is 5.94. The lowest BCUT2D eigenvalue weighted by atomic mass is 10.3.